The number of amides is 1. The Morgan fingerprint density at radius 1 is 0.394 bits per heavy atom. The van der Waals surface area contributed by atoms with Crippen LogP contribution in [0.3, 0.4) is 0 Å². The number of unbranched alkanes of at least 4 members (excludes halogenated alkanes) is 45. The molecule has 420 valence electrons. The molecule has 0 aromatic carbocycles. The molecule has 0 saturated carbocycles. The van der Waals surface area contributed by atoms with E-state index in [0.29, 0.717) is 25.9 Å². The number of aliphatic hydroxyl groups excluding tert-OH is 2. The second-order valence-corrected chi connectivity index (χ2v) is 22.1. The molecule has 0 saturated heterocycles. The van der Waals surface area contributed by atoms with Gasteiger partial charge in [0.05, 0.1) is 25.4 Å². The number of carbonyl (C=O) groups is 2. The second kappa shape index (κ2) is 60.9. The monoisotopic (exact) mass is 1000 g/mol. The van der Waals surface area contributed by atoms with Gasteiger partial charge in [-0.15, -0.1) is 0 Å². The summed E-state index contributed by atoms with van der Waals surface area (Å²) in [6.45, 7) is 4.93. The van der Waals surface area contributed by atoms with E-state index in [1.807, 2.05) is 0 Å². The lowest BCUT2D eigenvalue weighted by atomic mass is 10.0. The van der Waals surface area contributed by atoms with Gasteiger partial charge < -0.3 is 20.3 Å². The summed E-state index contributed by atoms with van der Waals surface area (Å²) in [6, 6.07) is -0.544. The minimum absolute atomic E-state index is 0.00333. The Morgan fingerprint density at radius 3 is 1.11 bits per heavy atom. The summed E-state index contributed by atoms with van der Waals surface area (Å²) in [5.74, 6) is -0.0369. The normalized spacial score (nSPS) is 12.7. The van der Waals surface area contributed by atoms with Crippen molar-refractivity contribution in [3.8, 4) is 0 Å². The highest BCUT2D eigenvalue weighted by Gasteiger charge is 2.20. The van der Waals surface area contributed by atoms with E-state index in [4.69, 9.17) is 4.74 Å². The van der Waals surface area contributed by atoms with Gasteiger partial charge in [0.25, 0.3) is 0 Å². The molecule has 0 bridgehead atoms. The molecule has 3 N–H and O–H groups in total. The van der Waals surface area contributed by atoms with Gasteiger partial charge in [0.1, 0.15) is 0 Å². The topological polar surface area (TPSA) is 95.9 Å². The maximum absolute atomic E-state index is 12.5. The van der Waals surface area contributed by atoms with Gasteiger partial charge >= 0.3 is 5.97 Å². The van der Waals surface area contributed by atoms with Crippen LogP contribution >= 0.6 is 0 Å². The number of hydrogen-bond acceptors (Lipinski definition) is 5. The average molecular weight is 1000 g/mol. The van der Waals surface area contributed by atoms with E-state index in [9.17, 15) is 19.8 Å². The smallest absolute Gasteiger partial charge is 0.305 e. The van der Waals surface area contributed by atoms with Crippen LogP contribution in [0.2, 0.25) is 0 Å². The molecule has 0 fully saturated rings. The summed E-state index contributed by atoms with van der Waals surface area (Å²) in [5.41, 5.74) is 0. The molecule has 6 nitrogen and oxygen atoms in total. The lowest BCUT2D eigenvalue weighted by molar-refractivity contribution is -0.143. The van der Waals surface area contributed by atoms with Gasteiger partial charge in [-0.3, -0.25) is 9.59 Å². The molecule has 2 atom stereocenters. The molecule has 0 aromatic heterocycles. The van der Waals surface area contributed by atoms with Gasteiger partial charge in [0, 0.05) is 12.8 Å². The molecule has 2 unspecified atom stereocenters. The van der Waals surface area contributed by atoms with Crippen LogP contribution in [-0.4, -0.2) is 47.4 Å². The van der Waals surface area contributed by atoms with Crippen LogP contribution in [0.1, 0.15) is 354 Å². The Balaban J connectivity index is 3.40. The van der Waals surface area contributed by atoms with Crippen molar-refractivity contribution in [2.45, 2.75) is 366 Å². The number of nitrogens with one attached hydrogen (secondary N) is 1. The van der Waals surface area contributed by atoms with E-state index >= 15 is 0 Å². The van der Waals surface area contributed by atoms with Crippen LogP contribution in [0.15, 0.2) is 24.3 Å². The molecule has 0 rings (SSSR count). The molecule has 0 heterocycles. The zero-order chi connectivity index (χ0) is 51.4. The highest BCUT2D eigenvalue weighted by Crippen LogP contribution is 2.18. The zero-order valence-electron chi connectivity index (χ0n) is 48.0. The number of hydrogen-bond donors (Lipinski definition) is 3. The molecule has 1 amide bonds. The first-order valence-electron chi connectivity index (χ1n) is 32.1. The lowest BCUT2D eigenvalue weighted by Gasteiger charge is -2.22. The molecular formula is C65H125NO5. The fourth-order valence-corrected chi connectivity index (χ4v) is 10.1. The van der Waals surface area contributed by atoms with Gasteiger partial charge in [-0.25, -0.2) is 0 Å². The maximum atomic E-state index is 12.5. The molecule has 71 heavy (non-hydrogen) atoms. The van der Waals surface area contributed by atoms with Gasteiger partial charge in [0.2, 0.25) is 5.91 Å². The number of allylic oxidation sites excluding steroid dienone is 4. The van der Waals surface area contributed by atoms with Gasteiger partial charge in [0.15, 0.2) is 0 Å². The Morgan fingerprint density at radius 2 is 0.718 bits per heavy atom. The van der Waals surface area contributed by atoms with E-state index in [1.165, 1.54) is 270 Å². The zero-order valence-corrected chi connectivity index (χ0v) is 48.0. The fourth-order valence-electron chi connectivity index (χ4n) is 10.1. The minimum Gasteiger partial charge on any atom is -0.466 e. The predicted octanol–water partition coefficient (Wildman–Crippen LogP) is 20.2. The molecule has 6 heteroatoms. The van der Waals surface area contributed by atoms with Crippen molar-refractivity contribution in [3.63, 3.8) is 0 Å². The SMILES string of the molecule is CCCC/C=C\C/C=C\CCCCCCCC(=O)OCCCCCCCCCCCCCCCCCCCCCCC(=O)NC(CO)C(O)CCCCCCCCCCCCCCCCCCCCCC. The van der Waals surface area contributed by atoms with Crippen molar-refractivity contribution in [1.82, 2.24) is 5.32 Å². The van der Waals surface area contributed by atoms with Gasteiger partial charge in [-0.05, 0) is 51.4 Å². The summed E-state index contributed by atoms with van der Waals surface area (Å²) in [7, 11) is 0. The standard InChI is InChI=1S/C65H125NO5/c1-3-5-7-9-11-13-15-17-19-20-21-24-27-30-33-37-41-45-49-53-57-63(68)62(61-67)66-64(69)58-54-50-46-42-38-34-31-28-25-22-23-26-29-32-36-40-44-48-52-56-60-71-65(70)59-55-51-47-43-39-35-18-16-14-12-10-8-6-4-2/h10,12,16,18,62-63,67-68H,3-9,11,13-15,17,19-61H2,1-2H3,(H,66,69)/b12-10-,18-16-. The number of aliphatic hydroxyl groups is 2. The summed E-state index contributed by atoms with van der Waals surface area (Å²) in [4.78, 5) is 24.6. The Bertz CT molecular complexity index is 1110. The third-order valence-electron chi connectivity index (χ3n) is 15.0. The molecule has 0 aliphatic rings. The molecule has 0 aliphatic heterocycles. The van der Waals surface area contributed by atoms with Crippen LogP contribution in [-0.2, 0) is 14.3 Å². The quantitative estimate of drug-likeness (QED) is 0.0320. The number of ether oxygens (including phenoxy) is 1. The van der Waals surface area contributed by atoms with Crippen molar-refractivity contribution in [1.29, 1.82) is 0 Å². The van der Waals surface area contributed by atoms with Crippen LogP contribution in [0.5, 0.6) is 0 Å². The van der Waals surface area contributed by atoms with Crippen LogP contribution in [0.25, 0.3) is 0 Å². The van der Waals surface area contributed by atoms with Crippen molar-refractivity contribution >= 4 is 11.9 Å². The largest absolute Gasteiger partial charge is 0.466 e. The van der Waals surface area contributed by atoms with E-state index in [2.05, 4.69) is 43.5 Å². The van der Waals surface area contributed by atoms with E-state index < -0.39 is 12.1 Å². The Labute approximate surface area is 443 Å². The summed E-state index contributed by atoms with van der Waals surface area (Å²) in [5, 5.41) is 23.4. The average Bonchev–Trinajstić information content (AvgIpc) is 3.37. The lowest BCUT2D eigenvalue weighted by Crippen LogP contribution is -2.45. The van der Waals surface area contributed by atoms with E-state index in [0.717, 1.165) is 51.4 Å². The van der Waals surface area contributed by atoms with Crippen molar-refractivity contribution in [3.05, 3.63) is 24.3 Å². The molecule has 0 radical (unpaired) electrons. The highest BCUT2D eigenvalue weighted by atomic mass is 16.5. The highest BCUT2D eigenvalue weighted by molar-refractivity contribution is 5.76. The second-order valence-electron chi connectivity index (χ2n) is 22.1. The Kier molecular flexibility index (Phi) is 59.5. The molecule has 0 aliphatic carbocycles. The summed E-state index contributed by atoms with van der Waals surface area (Å²) in [6.07, 6.45) is 74.7. The van der Waals surface area contributed by atoms with Crippen LogP contribution in [0, 0.1) is 0 Å². The van der Waals surface area contributed by atoms with E-state index in [1.54, 1.807) is 0 Å². The molecule has 0 aromatic rings. The van der Waals surface area contributed by atoms with Gasteiger partial charge in [-0.2, -0.15) is 0 Å². The van der Waals surface area contributed by atoms with Crippen molar-refractivity contribution in [2.24, 2.45) is 0 Å². The predicted molar refractivity (Wildman–Crippen MR) is 310 cm³/mol. The van der Waals surface area contributed by atoms with Crippen molar-refractivity contribution < 1.29 is 24.5 Å². The fraction of sp³-hybridized carbons (Fsp3) is 0.908. The summed E-state index contributed by atoms with van der Waals surface area (Å²) < 4.78 is 5.47. The van der Waals surface area contributed by atoms with E-state index in [-0.39, 0.29) is 18.5 Å². The maximum Gasteiger partial charge on any atom is 0.305 e. The number of rotatable bonds is 60. The summed E-state index contributed by atoms with van der Waals surface area (Å²) >= 11 is 0. The van der Waals surface area contributed by atoms with Crippen molar-refractivity contribution in [2.75, 3.05) is 13.2 Å². The third kappa shape index (κ3) is 57.5. The van der Waals surface area contributed by atoms with Gasteiger partial charge in [-0.1, -0.05) is 314 Å². The number of carbonyl (C=O) groups excluding carboxylic acids is 2. The molecular weight excluding hydrogens is 875 g/mol. The van der Waals surface area contributed by atoms with Crippen LogP contribution < -0.4 is 5.32 Å². The third-order valence-corrected chi connectivity index (χ3v) is 15.0. The minimum atomic E-state index is -0.666. The number of esters is 1. The first kappa shape index (κ1) is 69.3. The Hall–Kier alpha value is -1.66. The molecule has 0 spiro atoms. The first-order valence-corrected chi connectivity index (χ1v) is 32.1. The first-order chi connectivity index (χ1) is 35.0. The van der Waals surface area contributed by atoms with Crippen LogP contribution in [0.4, 0.5) is 0 Å².